The van der Waals surface area contributed by atoms with Crippen molar-refractivity contribution in [2.45, 2.75) is 25.4 Å². The van der Waals surface area contributed by atoms with E-state index < -0.39 is 0 Å². The first-order valence-electron chi connectivity index (χ1n) is 6.07. The van der Waals surface area contributed by atoms with Gasteiger partial charge >= 0.3 is 0 Å². The molecule has 6 nitrogen and oxygen atoms in total. The standard InChI is InChI=1S/C13H20N4O2/c1-9(13(18)15-2)16-11(8-12(14)17-19)10-6-4-3-5-7-10/h3-7,9,11,16,19H,8H2,1-2H3,(H2,14,17)(H,15,18). The van der Waals surface area contributed by atoms with Gasteiger partial charge in [0.2, 0.25) is 5.91 Å². The molecule has 1 amide bonds. The number of carbonyl (C=O) groups is 1. The number of nitrogens with one attached hydrogen (secondary N) is 2. The molecule has 0 spiro atoms. The molecule has 0 heterocycles. The van der Waals surface area contributed by atoms with E-state index in [9.17, 15) is 4.79 Å². The molecule has 6 heteroatoms. The molecule has 1 rings (SSSR count). The largest absolute Gasteiger partial charge is 0.409 e. The summed E-state index contributed by atoms with van der Waals surface area (Å²) in [6, 6.07) is 9.01. The zero-order chi connectivity index (χ0) is 14.3. The number of nitrogens with zero attached hydrogens (tertiary/aromatic N) is 1. The molecule has 0 aromatic heterocycles. The topological polar surface area (TPSA) is 99.7 Å². The predicted octanol–water partition coefficient (Wildman–Crippen LogP) is 0.588. The van der Waals surface area contributed by atoms with Crippen LogP contribution in [0.4, 0.5) is 0 Å². The summed E-state index contributed by atoms with van der Waals surface area (Å²) in [5.41, 5.74) is 6.53. The first-order valence-corrected chi connectivity index (χ1v) is 6.07. The van der Waals surface area contributed by atoms with Crippen molar-refractivity contribution in [1.29, 1.82) is 0 Å². The van der Waals surface area contributed by atoms with Crippen molar-refractivity contribution < 1.29 is 10.0 Å². The van der Waals surface area contributed by atoms with Crippen molar-refractivity contribution in [2.75, 3.05) is 7.05 Å². The highest BCUT2D eigenvalue weighted by atomic mass is 16.4. The Bertz CT molecular complexity index is 434. The Morgan fingerprint density at radius 1 is 1.42 bits per heavy atom. The maximum absolute atomic E-state index is 11.5. The van der Waals surface area contributed by atoms with Crippen LogP contribution in [0.15, 0.2) is 35.5 Å². The number of likely N-dealkylation sites (N-methyl/N-ethyl adjacent to an activating group) is 1. The fourth-order valence-electron chi connectivity index (χ4n) is 1.80. The van der Waals surface area contributed by atoms with Gasteiger partial charge in [0.1, 0.15) is 5.84 Å². The van der Waals surface area contributed by atoms with Gasteiger partial charge in [0.05, 0.1) is 6.04 Å². The number of nitrogens with two attached hydrogens (primary N) is 1. The van der Waals surface area contributed by atoms with E-state index in [1.165, 1.54) is 0 Å². The van der Waals surface area contributed by atoms with Crippen LogP contribution in [0.5, 0.6) is 0 Å². The summed E-state index contributed by atoms with van der Waals surface area (Å²) >= 11 is 0. The van der Waals surface area contributed by atoms with Crippen LogP contribution >= 0.6 is 0 Å². The summed E-state index contributed by atoms with van der Waals surface area (Å²) in [6.07, 6.45) is 0.321. The van der Waals surface area contributed by atoms with Crippen LogP contribution < -0.4 is 16.4 Å². The molecule has 0 saturated heterocycles. The number of amides is 1. The minimum absolute atomic E-state index is 0.111. The lowest BCUT2D eigenvalue weighted by atomic mass is 10.0. The number of amidine groups is 1. The van der Waals surface area contributed by atoms with Gasteiger partial charge in [-0.25, -0.2) is 0 Å². The van der Waals surface area contributed by atoms with Crippen LogP contribution in [0, 0.1) is 0 Å². The number of hydrogen-bond acceptors (Lipinski definition) is 4. The highest BCUT2D eigenvalue weighted by Gasteiger charge is 2.19. The summed E-state index contributed by atoms with van der Waals surface area (Å²) in [5.74, 6) is 0.00546. The number of oxime groups is 1. The van der Waals surface area contributed by atoms with Crippen molar-refractivity contribution >= 4 is 11.7 Å². The van der Waals surface area contributed by atoms with Gasteiger partial charge in [0, 0.05) is 19.5 Å². The second kappa shape index (κ2) is 7.38. The minimum Gasteiger partial charge on any atom is -0.409 e. The Balaban J connectivity index is 2.84. The second-order valence-corrected chi connectivity index (χ2v) is 4.26. The molecule has 5 N–H and O–H groups in total. The van der Waals surface area contributed by atoms with Gasteiger partial charge in [0.25, 0.3) is 0 Å². The highest BCUT2D eigenvalue weighted by Crippen LogP contribution is 2.17. The monoisotopic (exact) mass is 264 g/mol. The zero-order valence-electron chi connectivity index (χ0n) is 11.1. The van der Waals surface area contributed by atoms with Crippen LogP contribution in [0.3, 0.4) is 0 Å². The third kappa shape index (κ3) is 4.59. The van der Waals surface area contributed by atoms with E-state index in [4.69, 9.17) is 10.9 Å². The van der Waals surface area contributed by atoms with E-state index in [1.54, 1.807) is 14.0 Å². The molecular weight excluding hydrogens is 244 g/mol. The van der Waals surface area contributed by atoms with Crippen molar-refractivity contribution in [1.82, 2.24) is 10.6 Å². The van der Waals surface area contributed by atoms with Gasteiger partial charge in [-0.3, -0.25) is 10.1 Å². The molecule has 0 aliphatic carbocycles. The van der Waals surface area contributed by atoms with Gasteiger partial charge < -0.3 is 16.3 Å². The normalized spacial score (nSPS) is 14.7. The van der Waals surface area contributed by atoms with Crippen LogP contribution in [0.25, 0.3) is 0 Å². The maximum atomic E-state index is 11.5. The smallest absolute Gasteiger partial charge is 0.236 e. The quantitative estimate of drug-likeness (QED) is 0.261. The molecule has 104 valence electrons. The summed E-state index contributed by atoms with van der Waals surface area (Å²) in [6.45, 7) is 1.76. The lowest BCUT2D eigenvalue weighted by molar-refractivity contribution is -0.122. The first-order chi connectivity index (χ1) is 9.08. The Hall–Kier alpha value is -2.08. The predicted molar refractivity (Wildman–Crippen MR) is 73.9 cm³/mol. The van der Waals surface area contributed by atoms with Crippen molar-refractivity contribution in [2.24, 2.45) is 10.9 Å². The molecule has 0 aliphatic heterocycles. The van der Waals surface area contributed by atoms with E-state index in [0.29, 0.717) is 6.42 Å². The Morgan fingerprint density at radius 2 is 2.05 bits per heavy atom. The summed E-state index contributed by atoms with van der Waals surface area (Å²) in [4.78, 5) is 11.5. The van der Waals surface area contributed by atoms with Gasteiger partial charge in [-0.1, -0.05) is 35.5 Å². The average Bonchev–Trinajstić information content (AvgIpc) is 2.46. The Kier molecular flexibility index (Phi) is 5.81. The molecule has 19 heavy (non-hydrogen) atoms. The summed E-state index contributed by atoms with van der Waals surface area (Å²) in [7, 11) is 1.58. The number of carbonyl (C=O) groups excluding carboxylic acids is 1. The van der Waals surface area contributed by atoms with Gasteiger partial charge in [-0.15, -0.1) is 0 Å². The highest BCUT2D eigenvalue weighted by molar-refractivity contribution is 5.82. The van der Waals surface area contributed by atoms with Gasteiger partial charge in [-0.2, -0.15) is 0 Å². The van der Waals surface area contributed by atoms with E-state index in [1.807, 2.05) is 30.3 Å². The van der Waals surface area contributed by atoms with E-state index in [-0.39, 0.29) is 23.8 Å². The molecule has 2 unspecified atom stereocenters. The third-order valence-electron chi connectivity index (χ3n) is 2.83. The van der Waals surface area contributed by atoms with Crippen LogP contribution in [-0.4, -0.2) is 30.0 Å². The van der Waals surface area contributed by atoms with Crippen LogP contribution in [0.1, 0.15) is 24.9 Å². The van der Waals surface area contributed by atoms with Crippen molar-refractivity contribution in [3.8, 4) is 0 Å². The molecule has 1 aromatic rings. The summed E-state index contributed by atoms with van der Waals surface area (Å²) < 4.78 is 0. The van der Waals surface area contributed by atoms with E-state index >= 15 is 0 Å². The molecule has 0 saturated carbocycles. The molecule has 1 aromatic carbocycles. The fraction of sp³-hybridized carbons (Fsp3) is 0.385. The molecule has 0 bridgehead atoms. The minimum atomic E-state index is -0.373. The SMILES string of the molecule is CNC(=O)C(C)NC(CC(N)=NO)c1ccccc1. The molecule has 2 atom stereocenters. The molecule has 0 fully saturated rings. The van der Waals surface area contributed by atoms with Crippen molar-refractivity contribution in [3.63, 3.8) is 0 Å². The number of hydrogen-bond donors (Lipinski definition) is 4. The Morgan fingerprint density at radius 3 is 2.58 bits per heavy atom. The summed E-state index contributed by atoms with van der Waals surface area (Å²) in [5, 5.41) is 17.4. The van der Waals surface area contributed by atoms with Gasteiger partial charge in [-0.05, 0) is 12.5 Å². The third-order valence-corrected chi connectivity index (χ3v) is 2.83. The lowest BCUT2D eigenvalue weighted by Gasteiger charge is -2.22. The van der Waals surface area contributed by atoms with E-state index in [0.717, 1.165) is 5.56 Å². The van der Waals surface area contributed by atoms with Crippen molar-refractivity contribution in [3.05, 3.63) is 35.9 Å². The molecular formula is C13H20N4O2. The Labute approximate surface area is 112 Å². The fourth-order valence-corrected chi connectivity index (χ4v) is 1.80. The lowest BCUT2D eigenvalue weighted by Crippen LogP contribution is -2.43. The zero-order valence-corrected chi connectivity index (χ0v) is 11.1. The first kappa shape index (κ1) is 15.0. The van der Waals surface area contributed by atoms with Gasteiger partial charge in [0.15, 0.2) is 0 Å². The maximum Gasteiger partial charge on any atom is 0.236 e. The second-order valence-electron chi connectivity index (χ2n) is 4.26. The molecule has 0 radical (unpaired) electrons. The number of rotatable bonds is 6. The molecule has 0 aliphatic rings. The van der Waals surface area contributed by atoms with Crippen LogP contribution in [-0.2, 0) is 4.79 Å². The van der Waals surface area contributed by atoms with E-state index in [2.05, 4.69) is 15.8 Å². The number of benzene rings is 1. The van der Waals surface area contributed by atoms with Crippen LogP contribution in [0.2, 0.25) is 0 Å². The average molecular weight is 264 g/mol.